The third-order valence-electron chi connectivity index (χ3n) is 3.94. The van der Waals surface area contributed by atoms with Gasteiger partial charge in [-0.15, -0.1) is 0 Å². The second-order valence-electron chi connectivity index (χ2n) is 6.89. The first-order chi connectivity index (χ1) is 9.78. The Morgan fingerprint density at radius 1 is 1.10 bits per heavy atom. The summed E-state index contributed by atoms with van der Waals surface area (Å²) in [4.78, 5) is 28.1. The van der Waals surface area contributed by atoms with Crippen LogP contribution in [-0.2, 0) is 9.53 Å². The molecule has 0 bridgehead atoms. The van der Waals surface area contributed by atoms with Crippen LogP contribution in [0.25, 0.3) is 0 Å². The predicted molar refractivity (Wildman–Crippen MR) is 77.8 cm³/mol. The number of hydrogen-bond acceptors (Lipinski definition) is 4. The summed E-state index contributed by atoms with van der Waals surface area (Å²) in [5.41, 5.74) is -0.553. The highest BCUT2D eigenvalue weighted by Crippen LogP contribution is 2.23. The molecule has 120 valence electrons. The van der Waals surface area contributed by atoms with Gasteiger partial charge in [-0.3, -0.25) is 9.69 Å². The van der Waals surface area contributed by atoms with Crippen molar-refractivity contribution in [3.8, 4) is 0 Å². The number of likely N-dealkylation sites (tertiary alicyclic amines) is 2. The van der Waals surface area contributed by atoms with E-state index in [1.807, 2.05) is 20.8 Å². The molecule has 2 aliphatic heterocycles. The van der Waals surface area contributed by atoms with Gasteiger partial charge < -0.3 is 14.7 Å². The molecule has 2 saturated heterocycles. The minimum absolute atomic E-state index is 0.00902. The lowest BCUT2D eigenvalue weighted by molar-refractivity contribution is -0.137. The number of rotatable bonds is 1. The lowest BCUT2D eigenvalue weighted by Gasteiger charge is -2.34. The summed E-state index contributed by atoms with van der Waals surface area (Å²) in [5.74, 6) is -0.00902. The summed E-state index contributed by atoms with van der Waals surface area (Å²) in [6.07, 6.45) is 2.04. The average molecular weight is 298 g/mol. The fourth-order valence-corrected chi connectivity index (χ4v) is 2.86. The number of hydrogen-bond donors (Lipinski definition) is 1. The third kappa shape index (κ3) is 4.09. The number of carbonyl (C=O) groups is 2. The average Bonchev–Trinajstić information content (AvgIpc) is 2.86. The molecule has 0 aromatic rings. The first kappa shape index (κ1) is 16.1. The van der Waals surface area contributed by atoms with Crippen molar-refractivity contribution in [2.75, 3.05) is 19.6 Å². The van der Waals surface area contributed by atoms with Crippen LogP contribution in [0.1, 0.15) is 46.5 Å². The molecule has 2 heterocycles. The molecule has 2 aliphatic rings. The lowest BCUT2D eigenvalue weighted by Crippen LogP contribution is -2.51. The molecule has 0 unspecified atom stereocenters. The Kier molecular flexibility index (Phi) is 4.76. The van der Waals surface area contributed by atoms with E-state index in [9.17, 15) is 14.7 Å². The normalized spacial score (nSPS) is 24.3. The third-order valence-corrected chi connectivity index (χ3v) is 3.94. The zero-order valence-electron chi connectivity index (χ0n) is 13.2. The van der Waals surface area contributed by atoms with E-state index in [-0.39, 0.29) is 12.0 Å². The highest BCUT2D eigenvalue weighted by molar-refractivity contribution is 5.86. The first-order valence-electron chi connectivity index (χ1n) is 7.74. The van der Waals surface area contributed by atoms with Crippen molar-refractivity contribution < 1.29 is 19.4 Å². The Morgan fingerprint density at radius 3 is 2.29 bits per heavy atom. The van der Waals surface area contributed by atoms with E-state index in [0.717, 1.165) is 6.42 Å². The Bertz CT molecular complexity index is 397. The Morgan fingerprint density at radius 2 is 1.71 bits per heavy atom. The van der Waals surface area contributed by atoms with Crippen LogP contribution in [0.3, 0.4) is 0 Å². The van der Waals surface area contributed by atoms with E-state index < -0.39 is 17.7 Å². The zero-order chi connectivity index (χ0) is 15.6. The van der Waals surface area contributed by atoms with Gasteiger partial charge in [0.2, 0.25) is 5.91 Å². The van der Waals surface area contributed by atoms with E-state index in [0.29, 0.717) is 38.9 Å². The molecule has 0 aliphatic carbocycles. The van der Waals surface area contributed by atoms with Gasteiger partial charge in [-0.05, 0) is 46.5 Å². The molecule has 0 saturated carbocycles. The van der Waals surface area contributed by atoms with E-state index in [1.54, 1.807) is 9.80 Å². The summed E-state index contributed by atoms with van der Waals surface area (Å²) >= 11 is 0. The summed E-state index contributed by atoms with van der Waals surface area (Å²) < 4.78 is 5.38. The summed E-state index contributed by atoms with van der Waals surface area (Å²) in [5, 5.41) is 9.52. The monoisotopic (exact) mass is 298 g/mol. The molecule has 2 amide bonds. The fourth-order valence-electron chi connectivity index (χ4n) is 2.86. The van der Waals surface area contributed by atoms with E-state index in [2.05, 4.69) is 0 Å². The highest BCUT2D eigenvalue weighted by Gasteiger charge is 2.39. The van der Waals surface area contributed by atoms with Crippen LogP contribution in [0, 0.1) is 0 Å². The van der Waals surface area contributed by atoms with Gasteiger partial charge in [0, 0.05) is 19.6 Å². The number of carbonyl (C=O) groups excluding carboxylic acids is 2. The maximum Gasteiger partial charge on any atom is 0.410 e. The SMILES string of the molecule is CC(C)(C)OC(=O)N1CCC[C@H]1C(=O)N1CCC(O)CC1. The Labute approximate surface area is 126 Å². The smallest absolute Gasteiger partial charge is 0.410 e. The van der Waals surface area contributed by atoms with Gasteiger partial charge in [0.25, 0.3) is 0 Å². The van der Waals surface area contributed by atoms with Crippen molar-refractivity contribution in [3.63, 3.8) is 0 Å². The van der Waals surface area contributed by atoms with Crippen LogP contribution in [-0.4, -0.2) is 64.3 Å². The highest BCUT2D eigenvalue weighted by atomic mass is 16.6. The Hall–Kier alpha value is -1.30. The quantitative estimate of drug-likeness (QED) is 0.794. The van der Waals surface area contributed by atoms with E-state index in [1.165, 1.54) is 0 Å². The number of amides is 2. The fraction of sp³-hybridized carbons (Fsp3) is 0.867. The topological polar surface area (TPSA) is 70.1 Å². The number of aliphatic hydroxyl groups excluding tert-OH is 1. The molecule has 1 atom stereocenters. The van der Waals surface area contributed by atoms with Crippen LogP contribution in [0.15, 0.2) is 0 Å². The lowest BCUT2D eigenvalue weighted by atomic mass is 10.1. The van der Waals surface area contributed by atoms with Crippen molar-refractivity contribution in [3.05, 3.63) is 0 Å². The predicted octanol–water partition coefficient (Wildman–Crippen LogP) is 1.37. The van der Waals surface area contributed by atoms with Crippen LogP contribution in [0.2, 0.25) is 0 Å². The molecule has 2 rings (SSSR count). The van der Waals surface area contributed by atoms with Gasteiger partial charge in [-0.2, -0.15) is 0 Å². The summed E-state index contributed by atoms with van der Waals surface area (Å²) in [7, 11) is 0. The van der Waals surface area contributed by atoms with Gasteiger partial charge >= 0.3 is 6.09 Å². The second-order valence-corrected chi connectivity index (χ2v) is 6.89. The minimum Gasteiger partial charge on any atom is -0.444 e. The van der Waals surface area contributed by atoms with Gasteiger partial charge in [-0.1, -0.05) is 0 Å². The number of nitrogens with zero attached hydrogens (tertiary/aromatic N) is 2. The molecule has 2 fully saturated rings. The number of piperidine rings is 1. The molecule has 0 aromatic carbocycles. The standard InChI is InChI=1S/C15H26N2O4/c1-15(2,3)21-14(20)17-8-4-5-12(17)13(19)16-9-6-11(18)7-10-16/h11-12,18H,4-10H2,1-3H3/t12-/m0/s1. The Balaban J connectivity index is 1.98. The van der Waals surface area contributed by atoms with Crippen molar-refractivity contribution in [1.82, 2.24) is 9.80 Å². The van der Waals surface area contributed by atoms with Crippen LogP contribution >= 0.6 is 0 Å². The largest absolute Gasteiger partial charge is 0.444 e. The second kappa shape index (κ2) is 6.22. The zero-order valence-corrected chi connectivity index (χ0v) is 13.2. The first-order valence-corrected chi connectivity index (χ1v) is 7.74. The van der Waals surface area contributed by atoms with Crippen LogP contribution in [0.4, 0.5) is 4.79 Å². The molecule has 0 radical (unpaired) electrons. The van der Waals surface area contributed by atoms with Crippen molar-refractivity contribution >= 4 is 12.0 Å². The van der Waals surface area contributed by atoms with Gasteiger partial charge in [-0.25, -0.2) is 4.79 Å². The molecule has 6 heteroatoms. The molecule has 0 aromatic heterocycles. The maximum atomic E-state index is 12.6. The van der Waals surface area contributed by atoms with Crippen molar-refractivity contribution in [2.24, 2.45) is 0 Å². The molecule has 6 nitrogen and oxygen atoms in total. The molecular weight excluding hydrogens is 272 g/mol. The van der Waals surface area contributed by atoms with Crippen molar-refractivity contribution in [2.45, 2.75) is 64.2 Å². The molecule has 21 heavy (non-hydrogen) atoms. The van der Waals surface area contributed by atoms with Gasteiger partial charge in [0.15, 0.2) is 0 Å². The van der Waals surface area contributed by atoms with E-state index >= 15 is 0 Å². The van der Waals surface area contributed by atoms with E-state index in [4.69, 9.17) is 4.74 Å². The van der Waals surface area contributed by atoms with Crippen molar-refractivity contribution in [1.29, 1.82) is 0 Å². The number of ether oxygens (including phenoxy) is 1. The minimum atomic E-state index is -0.553. The molecule has 1 N–H and O–H groups in total. The van der Waals surface area contributed by atoms with Crippen LogP contribution in [0.5, 0.6) is 0 Å². The van der Waals surface area contributed by atoms with Gasteiger partial charge in [0.05, 0.1) is 6.10 Å². The summed E-state index contributed by atoms with van der Waals surface area (Å²) in [6, 6.07) is -0.407. The maximum absolute atomic E-state index is 12.6. The number of aliphatic hydroxyl groups is 1. The van der Waals surface area contributed by atoms with Crippen LogP contribution < -0.4 is 0 Å². The molecular formula is C15H26N2O4. The van der Waals surface area contributed by atoms with Gasteiger partial charge in [0.1, 0.15) is 11.6 Å². The summed E-state index contributed by atoms with van der Waals surface area (Å²) in [6.45, 7) is 7.18. The molecule has 0 spiro atoms.